The fourth-order valence-electron chi connectivity index (χ4n) is 5.84. The molecule has 33 heavy (non-hydrogen) atoms. The van der Waals surface area contributed by atoms with E-state index in [2.05, 4.69) is 54.4 Å². The van der Waals surface area contributed by atoms with E-state index < -0.39 is 0 Å². The number of alkyl carbamates (subject to hydrolysis) is 1. The van der Waals surface area contributed by atoms with Gasteiger partial charge in [0.05, 0.1) is 12.1 Å². The number of nitrogens with one attached hydrogen (secondary N) is 1. The summed E-state index contributed by atoms with van der Waals surface area (Å²) in [7, 11) is 0. The fraction of sp³-hybridized carbons (Fsp3) is 0.536. The van der Waals surface area contributed by atoms with E-state index in [4.69, 9.17) is 9.47 Å². The summed E-state index contributed by atoms with van der Waals surface area (Å²) in [5.74, 6) is 1.41. The number of ether oxygens (including phenoxy) is 2. The summed E-state index contributed by atoms with van der Waals surface area (Å²) in [6, 6.07) is 14.8. The maximum Gasteiger partial charge on any atom is 0.407 e. The number of rotatable bonds is 5. The highest BCUT2D eigenvalue weighted by Gasteiger charge is 2.42. The van der Waals surface area contributed by atoms with Crippen LogP contribution in [0.2, 0.25) is 0 Å². The van der Waals surface area contributed by atoms with E-state index in [0.717, 1.165) is 44.6 Å². The zero-order chi connectivity index (χ0) is 23.2. The molecule has 3 fully saturated rings. The molecule has 2 atom stereocenters. The maximum atomic E-state index is 12.9. The minimum Gasteiger partial charge on any atom is -0.491 e. The van der Waals surface area contributed by atoms with Gasteiger partial charge < -0.3 is 14.8 Å². The van der Waals surface area contributed by atoms with Crippen molar-refractivity contribution >= 4 is 6.09 Å². The predicted octanol–water partition coefficient (Wildman–Crippen LogP) is 5.58. The van der Waals surface area contributed by atoms with Crippen LogP contribution in [0, 0.1) is 11.3 Å². The molecule has 4 aliphatic rings. The molecule has 5 nitrogen and oxygen atoms in total. The van der Waals surface area contributed by atoms with Crippen molar-refractivity contribution in [2.24, 2.45) is 11.3 Å². The molecule has 6 rings (SSSR count). The van der Waals surface area contributed by atoms with Gasteiger partial charge in [-0.15, -0.1) is 0 Å². The Kier molecular flexibility index (Phi) is 5.86. The standard InChI is InChI=1S/C28H36N2O3/c1-18(2)32-23-8-5-19(6-9-23)21-7-10-24-22(15-21)16-28(3,4)26(24)29-27(31)33-25-17-30-13-11-20(25)12-14-30/h5-10,15,18,20,25-26H,11-14,16-17H2,1-4H3,(H,29,31)/t25-,26?/m0/s1. The third-order valence-corrected chi connectivity index (χ3v) is 7.56. The Morgan fingerprint density at radius 2 is 1.76 bits per heavy atom. The van der Waals surface area contributed by atoms with E-state index >= 15 is 0 Å². The van der Waals surface area contributed by atoms with Crippen LogP contribution in [0.1, 0.15) is 57.7 Å². The van der Waals surface area contributed by atoms with Crippen molar-refractivity contribution in [1.29, 1.82) is 0 Å². The minimum absolute atomic E-state index is 0.0292. The number of hydrogen-bond acceptors (Lipinski definition) is 4. The highest BCUT2D eigenvalue weighted by atomic mass is 16.6. The molecule has 3 heterocycles. The van der Waals surface area contributed by atoms with Crippen molar-refractivity contribution in [3.8, 4) is 16.9 Å². The van der Waals surface area contributed by atoms with Gasteiger partial charge in [0, 0.05) is 6.54 Å². The van der Waals surface area contributed by atoms with E-state index in [-0.39, 0.29) is 29.8 Å². The largest absolute Gasteiger partial charge is 0.491 e. The fourth-order valence-corrected chi connectivity index (χ4v) is 5.84. The minimum atomic E-state index is -0.274. The summed E-state index contributed by atoms with van der Waals surface area (Å²) in [6.45, 7) is 11.7. The molecule has 0 saturated carbocycles. The van der Waals surface area contributed by atoms with Crippen molar-refractivity contribution in [1.82, 2.24) is 10.2 Å². The van der Waals surface area contributed by atoms with Crippen LogP contribution in [-0.2, 0) is 11.2 Å². The number of benzene rings is 2. The van der Waals surface area contributed by atoms with Crippen molar-refractivity contribution < 1.29 is 14.3 Å². The normalized spacial score (nSPS) is 27.3. The van der Waals surface area contributed by atoms with Gasteiger partial charge in [0.1, 0.15) is 11.9 Å². The van der Waals surface area contributed by atoms with Crippen LogP contribution >= 0.6 is 0 Å². The Hall–Kier alpha value is -2.53. The molecule has 2 bridgehead atoms. The van der Waals surface area contributed by atoms with Crippen LogP contribution in [0.15, 0.2) is 42.5 Å². The molecule has 3 saturated heterocycles. The second-order valence-corrected chi connectivity index (χ2v) is 10.9. The van der Waals surface area contributed by atoms with Crippen LogP contribution in [0.25, 0.3) is 11.1 Å². The third kappa shape index (κ3) is 4.61. The number of amides is 1. The van der Waals surface area contributed by atoms with Crippen LogP contribution < -0.4 is 10.1 Å². The first-order valence-corrected chi connectivity index (χ1v) is 12.4. The van der Waals surface area contributed by atoms with Gasteiger partial charge in [-0.2, -0.15) is 0 Å². The van der Waals surface area contributed by atoms with Gasteiger partial charge in [0.2, 0.25) is 0 Å². The molecule has 0 radical (unpaired) electrons. The summed E-state index contributed by atoms with van der Waals surface area (Å²) in [5, 5.41) is 3.22. The molecule has 1 amide bonds. The summed E-state index contributed by atoms with van der Waals surface area (Å²) >= 11 is 0. The van der Waals surface area contributed by atoms with E-state index in [1.807, 2.05) is 26.0 Å². The molecule has 1 aliphatic carbocycles. The summed E-state index contributed by atoms with van der Waals surface area (Å²) in [4.78, 5) is 15.3. The number of carbonyl (C=O) groups is 1. The van der Waals surface area contributed by atoms with E-state index in [1.54, 1.807) is 0 Å². The lowest BCUT2D eigenvalue weighted by atomic mass is 9.85. The van der Waals surface area contributed by atoms with Gasteiger partial charge >= 0.3 is 6.09 Å². The molecule has 3 aliphatic heterocycles. The van der Waals surface area contributed by atoms with Crippen LogP contribution in [0.3, 0.4) is 0 Å². The molecular formula is C28H36N2O3. The Labute approximate surface area is 197 Å². The molecule has 0 aromatic heterocycles. The Bertz CT molecular complexity index is 1010. The smallest absolute Gasteiger partial charge is 0.407 e. The zero-order valence-electron chi connectivity index (χ0n) is 20.3. The molecule has 5 heteroatoms. The van der Waals surface area contributed by atoms with Crippen LogP contribution in [0.4, 0.5) is 4.79 Å². The third-order valence-electron chi connectivity index (χ3n) is 7.56. The topological polar surface area (TPSA) is 50.8 Å². The lowest BCUT2D eigenvalue weighted by Gasteiger charge is -2.44. The predicted molar refractivity (Wildman–Crippen MR) is 130 cm³/mol. The summed E-state index contributed by atoms with van der Waals surface area (Å²) in [6.07, 6.45) is 3.13. The lowest BCUT2D eigenvalue weighted by molar-refractivity contribution is -0.0348. The maximum absolute atomic E-state index is 12.9. The Balaban J connectivity index is 1.29. The zero-order valence-corrected chi connectivity index (χ0v) is 20.3. The van der Waals surface area contributed by atoms with Crippen molar-refractivity contribution in [3.05, 3.63) is 53.6 Å². The molecule has 1 unspecified atom stereocenters. The van der Waals surface area contributed by atoms with Gasteiger partial charge in [-0.1, -0.05) is 44.2 Å². The van der Waals surface area contributed by atoms with Crippen LogP contribution in [0.5, 0.6) is 5.75 Å². The SMILES string of the molecule is CC(C)Oc1ccc(-c2ccc3c(c2)CC(C)(C)C3NC(=O)O[C@H]2CN3CCC2CC3)cc1. The van der Waals surface area contributed by atoms with Gasteiger partial charge in [-0.25, -0.2) is 4.79 Å². The van der Waals surface area contributed by atoms with Crippen molar-refractivity contribution in [2.45, 2.75) is 65.2 Å². The summed E-state index contributed by atoms with van der Waals surface area (Å²) < 4.78 is 11.7. The molecule has 176 valence electrons. The first-order chi connectivity index (χ1) is 15.8. The van der Waals surface area contributed by atoms with Gasteiger partial charge in [-0.05, 0) is 91.9 Å². The number of fused-ring (bicyclic) bond motifs is 4. The average Bonchev–Trinajstić information content (AvgIpc) is 3.03. The van der Waals surface area contributed by atoms with Crippen LogP contribution in [-0.4, -0.2) is 42.8 Å². The molecule has 2 aromatic rings. The molecule has 0 spiro atoms. The Morgan fingerprint density at radius 3 is 2.39 bits per heavy atom. The highest BCUT2D eigenvalue weighted by Crippen LogP contribution is 2.46. The first-order valence-electron chi connectivity index (χ1n) is 12.4. The second-order valence-electron chi connectivity index (χ2n) is 10.9. The van der Waals surface area contributed by atoms with E-state index in [9.17, 15) is 4.79 Å². The number of nitrogens with zero attached hydrogens (tertiary/aromatic N) is 1. The van der Waals surface area contributed by atoms with Gasteiger partial charge in [-0.3, -0.25) is 4.90 Å². The monoisotopic (exact) mass is 448 g/mol. The number of hydrogen-bond donors (Lipinski definition) is 1. The average molecular weight is 449 g/mol. The highest BCUT2D eigenvalue weighted by molar-refractivity contribution is 5.70. The number of carbonyl (C=O) groups excluding carboxylic acids is 1. The van der Waals surface area contributed by atoms with E-state index in [0.29, 0.717) is 5.92 Å². The summed E-state index contributed by atoms with van der Waals surface area (Å²) in [5.41, 5.74) is 4.80. The molecule has 1 N–H and O–H groups in total. The lowest BCUT2D eigenvalue weighted by Crippen LogP contribution is -2.53. The molecule has 2 aromatic carbocycles. The number of piperidine rings is 3. The van der Waals surface area contributed by atoms with Gasteiger partial charge in [0.25, 0.3) is 0 Å². The second kappa shape index (κ2) is 8.68. The Morgan fingerprint density at radius 1 is 1.06 bits per heavy atom. The van der Waals surface area contributed by atoms with Crippen molar-refractivity contribution in [3.63, 3.8) is 0 Å². The molecular weight excluding hydrogens is 412 g/mol. The first kappa shape index (κ1) is 22.3. The quantitative estimate of drug-likeness (QED) is 0.648. The van der Waals surface area contributed by atoms with E-state index in [1.165, 1.54) is 22.3 Å². The van der Waals surface area contributed by atoms with Crippen molar-refractivity contribution in [2.75, 3.05) is 19.6 Å². The van der Waals surface area contributed by atoms with Gasteiger partial charge in [0.15, 0.2) is 0 Å².